The molecule has 1 fully saturated rings. The van der Waals surface area contributed by atoms with Gasteiger partial charge in [-0.2, -0.15) is 0 Å². The molecular formula is C10H22N2O. The van der Waals surface area contributed by atoms with Crippen LogP contribution in [0.15, 0.2) is 0 Å². The predicted octanol–water partition coefficient (Wildman–Crippen LogP) is 0.395. The third kappa shape index (κ3) is 4.07. The molecule has 1 aliphatic heterocycles. The van der Waals surface area contributed by atoms with Crippen molar-refractivity contribution in [1.82, 2.24) is 9.80 Å². The highest BCUT2D eigenvalue weighted by Gasteiger charge is 2.16. The van der Waals surface area contributed by atoms with E-state index in [0.717, 1.165) is 19.6 Å². The summed E-state index contributed by atoms with van der Waals surface area (Å²) in [6.07, 6.45) is 1.06. The maximum absolute atomic E-state index is 9.22. The van der Waals surface area contributed by atoms with E-state index < -0.39 is 0 Å². The Morgan fingerprint density at radius 2 is 1.69 bits per heavy atom. The lowest BCUT2D eigenvalue weighted by Gasteiger charge is -2.34. The monoisotopic (exact) mass is 186 g/mol. The SMILES string of the molecule is CCCN1CCN(C[C@H](C)O)CC1. The molecule has 1 atom stereocenters. The highest BCUT2D eigenvalue weighted by atomic mass is 16.3. The van der Waals surface area contributed by atoms with Crippen molar-refractivity contribution in [2.45, 2.75) is 26.4 Å². The van der Waals surface area contributed by atoms with Gasteiger partial charge in [0.2, 0.25) is 0 Å². The summed E-state index contributed by atoms with van der Waals surface area (Å²) in [5, 5.41) is 9.22. The first-order valence-electron chi connectivity index (χ1n) is 5.35. The zero-order chi connectivity index (χ0) is 9.68. The van der Waals surface area contributed by atoms with Gasteiger partial charge < -0.3 is 10.0 Å². The smallest absolute Gasteiger partial charge is 0.0639 e. The van der Waals surface area contributed by atoms with E-state index >= 15 is 0 Å². The first-order chi connectivity index (χ1) is 6.22. The van der Waals surface area contributed by atoms with Gasteiger partial charge in [-0.3, -0.25) is 4.90 Å². The molecule has 78 valence electrons. The van der Waals surface area contributed by atoms with Crippen LogP contribution in [0.3, 0.4) is 0 Å². The molecule has 1 N–H and O–H groups in total. The molecule has 0 bridgehead atoms. The number of aliphatic hydroxyl groups is 1. The summed E-state index contributed by atoms with van der Waals surface area (Å²) in [5.41, 5.74) is 0. The van der Waals surface area contributed by atoms with Crippen LogP contribution in [-0.2, 0) is 0 Å². The molecule has 0 unspecified atom stereocenters. The summed E-state index contributed by atoms with van der Waals surface area (Å²) in [7, 11) is 0. The molecule has 3 nitrogen and oxygen atoms in total. The lowest BCUT2D eigenvalue weighted by atomic mass is 10.2. The molecule has 0 aromatic rings. The van der Waals surface area contributed by atoms with E-state index in [1.807, 2.05) is 6.92 Å². The normalized spacial score (nSPS) is 23.3. The molecular weight excluding hydrogens is 164 g/mol. The molecule has 1 rings (SSSR count). The van der Waals surface area contributed by atoms with E-state index in [1.165, 1.54) is 26.1 Å². The number of hydrogen-bond donors (Lipinski definition) is 1. The molecule has 1 aliphatic rings. The third-order valence-corrected chi connectivity index (χ3v) is 2.53. The van der Waals surface area contributed by atoms with Crippen LogP contribution in [0.5, 0.6) is 0 Å². The van der Waals surface area contributed by atoms with Crippen molar-refractivity contribution >= 4 is 0 Å². The molecule has 0 aromatic carbocycles. The van der Waals surface area contributed by atoms with Gasteiger partial charge in [-0.25, -0.2) is 0 Å². The van der Waals surface area contributed by atoms with Gasteiger partial charge in [-0.05, 0) is 19.9 Å². The topological polar surface area (TPSA) is 26.7 Å². The minimum Gasteiger partial charge on any atom is -0.392 e. The van der Waals surface area contributed by atoms with Crippen LogP contribution in [0.25, 0.3) is 0 Å². The number of rotatable bonds is 4. The minimum atomic E-state index is -0.183. The number of nitrogens with zero attached hydrogens (tertiary/aromatic N) is 2. The van der Waals surface area contributed by atoms with Crippen molar-refractivity contribution < 1.29 is 5.11 Å². The molecule has 0 saturated carbocycles. The summed E-state index contributed by atoms with van der Waals surface area (Å²) < 4.78 is 0. The molecule has 0 aliphatic carbocycles. The molecule has 3 heteroatoms. The second kappa shape index (κ2) is 5.58. The standard InChI is InChI=1S/C10H22N2O/c1-3-4-11-5-7-12(8-6-11)9-10(2)13/h10,13H,3-9H2,1-2H3/t10-/m0/s1. The fourth-order valence-corrected chi connectivity index (χ4v) is 1.89. The summed E-state index contributed by atoms with van der Waals surface area (Å²) in [5.74, 6) is 0. The largest absolute Gasteiger partial charge is 0.392 e. The average molecular weight is 186 g/mol. The van der Waals surface area contributed by atoms with Crippen molar-refractivity contribution in [3.8, 4) is 0 Å². The number of β-amino-alcohol motifs (C(OH)–C–C–N with tert-alkyl or cyclic N) is 1. The Morgan fingerprint density at radius 3 is 2.15 bits per heavy atom. The Kier molecular flexibility index (Phi) is 4.70. The second-order valence-corrected chi connectivity index (χ2v) is 3.99. The van der Waals surface area contributed by atoms with E-state index in [0.29, 0.717) is 0 Å². The third-order valence-electron chi connectivity index (χ3n) is 2.53. The molecule has 1 saturated heterocycles. The molecule has 0 aromatic heterocycles. The highest BCUT2D eigenvalue weighted by molar-refractivity contribution is 4.72. The maximum atomic E-state index is 9.22. The summed E-state index contributed by atoms with van der Waals surface area (Å²) >= 11 is 0. The maximum Gasteiger partial charge on any atom is 0.0639 e. The van der Waals surface area contributed by atoms with Gasteiger partial charge in [0, 0.05) is 32.7 Å². The van der Waals surface area contributed by atoms with Gasteiger partial charge in [-0.1, -0.05) is 6.92 Å². The Bertz CT molecular complexity index is 131. The van der Waals surface area contributed by atoms with E-state index in [-0.39, 0.29) is 6.10 Å². The summed E-state index contributed by atoms with van der Waals surface area (Å²) in [6, 6.07) is 0. The first kappa shape index (κ1) is 11.0. The number of aliphatic hydroxyl groups excluding tert-OH is 1. The molecule has 0 radical (unpaired) electrons. The Hall–Kier alpha value is -0.120. The average Bonchev–Trinajstić information content (AvgIpc) is 2.08. The Labute approximate surface area is 81.3 Å². The van der Waals surface area contributed by atoms with Gasteiger partial charge in [-0.15, -0.1) is 0 Å². The number of piperazine rings is 1. The van der Waals surface area contributed by atoms with Gasteiger partial charge in [0.1, 0.15) is 0 Å². The molecule has 0 spiro atoms. The van der Waals surface area contributed by atoms with Crippen molar-refractivity contribution in [1.29, 1.82) is 0 Å². The molecule has 0 amide bonds. The fraction of sp³-hybridized carbons (Fsp3) is 1.00. The predicted molar refractivity (Wildman–Crippen MR) is 54.9 cm³/mol. The van der Waals surface area contributed by atoms with E-state index in [1.54, 1.807) is 0 Å². The Balaban J connectivity index is 2.15. The van der Waals surface area contributed by atoms with Crippen LogP contribution in [0.1, 0.15) is 20.3 Å². The van der Waals surface area contributed by atoms with Crippen LogP contribution in [0.2, 0.25) is 0 Å². The lowest BCUT2D eigenvalue weighted by Crippen LogP contribution is -2.48. The zero-order valence-electron chi connectivity index (χ0n) is 8.87. The van der Waals surface area contributed by atoms with Crippen molar-refractivity contribution in [2.24, 2.45) is 0 Å². The fourth-order valence-electron chi connectivity index (χ4n) is 1.89. The van der Waals surface area contributed by atoms with Crippen molar-refractivity contribution in [3.63, 3.8) is 0 Å². The van der Waals surface area contributed by atoms with Crippen LogP contribution < -0.4 is 0 Å². The van der Waals surface area contributed by atoms with Gasteiger partial charge >= 0.3 is 0 Å². The van der Waals surface area contributed by atoms with Gasteiger partial charge in [0.15, 0.2) is 0 Å². The summed E-state index contributed by atoms with van der Waals surface area (Å²) in [4.78, 5) is 4.84. The van der Waals surface area contributed by atoms with Gasteiger partial charge in [0.25, 0.3) is 0 Å². The quantitative estimate of drug-likeness (QED) is 0.688. The highest BCUT2D eigenvalue weighted by Crippen LogP contribution is 2.02. The first-order valence-corrected chi connectivity index (χ1v) is 5.35. The number of hydrogen-bond acceptors (Lipinski definition) is 3. The van der Waals surface area contributed by atoms with E-state index in [9.17, 15) is 5.11 Å². The van der Waals surface area contributed by atoms with Crippen LogP contribution in [0, 0.1) is 0 Å². The lowest BCUT2D eigenvalue weighted by molar-refractivity contribution is 0.0809. The van der Waals surface area contributed by atoms with Crippen LogP contribution in [-0.4, -0.2) is 60.3 Å². The second-order valence-electron chi connectivity index (χ2n) is 3.99. The Morgan fingerprint density at radius 1 is 1.15 bits per heavy atom. The van der Waals surface area contributed by atoms with Crippen molar-refractivity contribution in [2.75, 3.05) is 39.3 Å². The minimum absolute atomic E-state index is 0.183. The summed E-state index contributed by atoms with van der Waals surface area (Å²) in [6.45, 7) is 10.7. The zero-order valence-corrected chi connectivity index (χ0v) is 8.87. The molecule has 13 heavy (non-hydrogen) atoms. The van der Waals surface area contributed by atoms with Crippen LogP contribution >= 0.6 is 0 Å². The van der Waals surface area contributed by atoms with E-state index in [4.69, 9.17) is 0 Å². The van der Waals surface area contributed by atoms with Crippen molar-refractivity contribution in [3.05, 3.63) is 0 Å². The molecule has 1 heterocycles. The van der Waals surface area contributed by atoms with Gasteiger partial charge in [0.05, 0.1) is 6.10 Å². The van der Waals surface area contributed by atoms with Crippen LogP contribution in [0.4, 0.5) is 0 Å². The van der Waals surface area contributed by atoms with E-state index in [2.05, 4.69) is 16.7 Å².